The number of ether oxygens (including phenoxy) is 1. The molecule has 0 amide bonds. The first-order valence-electron chi connectivity index (χ1n) is 7.05. The van der Waals surface area contributed by atoms with E-state index in [4.69, 9.17) is 4.74 Å². The molecule has 4 heteroatoms. The molecule has 2 rings (SSSR count). The highest BCUT2D eigenvalue weighted by molar-refractivity contribution is 5.81. The highest BCUT2D eigenvalue weighted by Crippen LogP contribution is 2.08. The summed E-state index contributed by atoms with van der Waals surface area (Å²) < 4.78 is 5.64. The third kappa shape index (κ3) is 4.73. The van der Waals surface area contributed by atoms with Gasteiger partial charge in [0.1, 0.15) is 6.61 Å². The number of piperidine rings is 1. The van der Waals surface area contributed by atoms with Crippen molar-refractivity contribution in [3.63, 3.8) is 0 Å². The van der Waals surface area contributed by atoms with E-state index >= 15 is 0 Å². The Balaban J connectivity index is 1.73. The lowest BCUT2D eigenvalue weighted by Crippen LogP contribution is -2.33. The summed E-state index contributed by atoms with van der Waals surface area (Å²) in [6.45, 7) is 4.27. The van der Waals surface area contributed by atoms with Crippen LogP contribution in [-0.2, 0) is 22.4 Å². The van der Waals surface area contributed by atoms with Crippen molar-refractivity contribution in [3.05, 3.63) is 29.6 Å². The van der Waals surface area contributed by atoms with Crippen LogP contribution in [0.3, 0.4) is 0 Å². The molecule has 0 bridgehead atoms. The summed E-state index contributed by atoms with van der Waals surface area (Å²) in [7, 11) is 0. The van der Waals surface area contributed by atoms with E-state index in [-0.39, 0.29) is 18.5 Å². The summed E-state index contributed by atoms with van der Waals surface area (Å²) >= 11 is 0. The van der Waals surface area contributed by atoms with Gasteiger partial charge in [0.05, 0.1) is 12.5 Å². The van der Waals surface area contributed by atoms with Crippen LogP contribution in [0.25, 0.3) is 0 Å². The average Bonchev–Trinajstić information content (AvgIpc) is 2.47. The number of carbonyl (C=O) groups excluding carboxylic acids is 1. The first-order valence-corrected chi connectivity index (χ1v) is 7.05. The number of nitrogens with zero attached hydrogens (tertiary/aromatic N) is 1. The van der Waals surface area contributed by atoms with Gasteiger partial charge in [0.25, 0.3) is 0 Å². The number of nitrogens with one attached hydrogen (secondary N) is 1. The zero-order valence-electron chi connectivity index (χ0n) is 11.5. The average molecular weight is 262 g/mol. The number of hydrogen-bond donors (Lipinski definition) is 1. The molecule has 1 aromatic heterocycles. The quantitative estimate of drug-likeness (QED) is 0.844. The SMILES string of the molecule is CCc1ccc(CC(=O)COC2CCNCC2)nc1. The maximum atomic E-state index is 11.8. The lowest BCUT2D eigenvalue weighted by molar-refractivity contribution is -0.125. The topological polar surface area (TPSA) is 51.2 Å². The summed E-state index contributed by atoms with van der Waals surface area (Å²) in [6.07, 6.45) is 5.42. The van der Waals surface area contributed by atoms with E-state index in [1.807, 2.05) is 18.3 Å². The summed E-state index contributed by atoms with van der Waals surface area (Å²) in [5.41, 5.74) is 2.03. The van der Waals surface area contributed by atoms with Gasteiger partial charge in [0.2, 0.25) is 0 Å². The predicted molar refractivity (Wildman–Crippen MR) is 74.2 cm³/mol. The standard InChI is InChI=1S/C15H22N2O2/c1-2-12-3-4-13(17-10-12)9-14(18)11-19-15-5-7-16-8-6-15/h3-4,10,15-16H,2,5-9,11H2,1H3. The zero-order valence-corrected chi connectivity index (χ0v) is 11.5. The molecule has 0 radical (unpaired) electrons. The summed E-state index contributed by atoms with van der Waals surface area (Å²) in [4.78, 5) is 16.1. The number of carbonyl (C=O) groups is 1. The molecule has 0 unspecified atom stereocenters. The minimum atomic E-state index is 0.107. The summed E-state index contributed by atoms with van der Waals surface area (Å²) in [5, 5.41) is 3.28. The number of rotatable bonds is 6. The molecule has 0 aromatic carbocycles. The second-order valence-electron chi connectivity index (χ2n) is 4.99. The van der Waals surface area contributed by atoms with E-state index in [1.54, 1.807) is 0 Å². The maximum Gasteiger partial charge on any atom is 0.164 e. The molecule has 0 atom stereocenters. The molecule has 1 N–H and O–H groups in total. The van der Waals surface area contributed by atoms with Crippen LogP contribution >= 0.6 is 0 Å². The van der Waals surface area contributed by atoms with Crippen molar-refractivity contribution < 1.29 is 9.53 Å². The van der Waals surface area contributed by atoms with E-state index in [2.05, 4.69) is 17.2 Å². The van der Waals surface area contributed by atoms with Crippen LogP contribution in [0.4, 0.5) is 0 Å². The third-order valence-corrected chi connectivity index (χ3v) is 3.44. The van der Waals surface area contributed by atoms with Crippen molar-refractivity contribution in [3.8, 4) is 0 Å². The van der Waals surface area contributed by atoms with Gasteiger partial charge in [-0.1, -0.05) is 13.0 Å². The first-order chi connectivity index (χ1) is 9.28. The minimum Gasteiger partial charge on any atom is -0.370 e. The lowest BCUT2D eigenvalue weighted by Gasteiger charge is -2.22. The molecule has 0 spiro atoms. The zero-order chi connectivity index (χ0) is 13.5. The normalized spacial score (nSPS) is 16.5. The maximum absolute atomic E-state index is 11.8. The Morgan fingerprint density at radius 2 is 2.21 bits per heavy atom. The van der Waals surface area contributed by atoms with Gasteiger partial charge >= 0.3 is 0 Å². The van der Waals surface area contributed by atoms with Gasteiger partial charge in [0.15, 0.2) is 5.78 Å². The van der Waals surface area contributed by atoms with Gasteiger partial charge in [-0.2, -0.15) is 0 Å². The fraction of sp³-hybridized carbons (Fsp3) is 0.600. The van der Waals surface area contributed by atoms with Crippen molar-refractivity contribution >= 4 is 5.78 Å². The Kier molecular flexibility index (Phi) is 5.48. The van der Waals surface area contributed by atoms with Crippen LogP contribution in [0.1, 0.15) is 31.0 Å². The molecule has 0 aliphatic carbocycles. The largest absolute Gasteiger partial charge is 0.370 e. The third-order valence-electron chi connectivity index (χ3n) is 3.44. The van der Waals surface area contributed by atoms with Gasteiger partial charge in [-0.05, 0) is 44.0 Å². The number of hydrogen-bond acceptors (Lipinski definition) is 4. The smallest absolute Gasteiger partial charge is 0.164 e. The molecule has 104 valence electrons. The molecule has 19 heavy (non-hydrogen) atoms. The second kappa shape index (κ2) is 7.36. The Bertz CT molecular complexity index is 397. The number of Topliss-reactive ketones (excluding diaryl/α,β-unsaturated/α-hetero) is 1. The van der Waals surface area contributed by atoms with Gasteiger partial charge < -0.3 is 10.1 Å². The Morgan fingerprint density at radius 3 is 2.84 bits per heavy atom. The van der Waals surface area contributed by atoms with E-state index < -0.39 is 0 Å². The number of ketones is 1. The molecule has 4 nitrogen and oxygen atoms in total. The number of aryl methyl sites for hydroxylation is 1. The van der Waals surface area contributed by atoms with Crippen molar-refractivity contribution in [2.45, 2.75) is 38.7 Å². The molecular formula is C15H22N2O2. The van der Waals surface area contributed by atoms with Crippen molar-refractivity contribution in [2.75, 3.05) is 19.7 Å². The highest BCUT2D eigenvalue weighted by atomic mass is 16.5. The molecule has 1 fully saturated rings. The molecule has 2 heterocycles. The fourth-order valence-electron chi connectivity index (χ4n) is 2.19. The lowest BCUT2D eigenvalue weighted by atomic mass is 10.1. The molecule has 1 aromatic rings. The Morgan fingerprint density at radius 1 is 1.42 bits per heavy atom. The van der Waals surface area contributed by atoms with Crippen LogP contribution in [0.15, 0.2) is 18.3 Å². The van der Waals surface area contributed by atoms with Crippen molar-refractivity contribution in [2.24, 2.45) is 0 Å². The molecular weight excluding hydrogens is 240 g/mol. The van der Waals surface area contributed by atoms with Crippen LogP contribution in [0, 0.1) is 0 Å². The predicted octanol–water partition coefficient (Wildman–Crippen LogP) is 1.52. The van der Waals surface area contributed by atoms with E-state index in [0.29, 0.717) is 6.42 Å². The molecule has 0 saturated carbocycles. The van der Waals surface area contributed by atoms with Gasteiger partial charge in [-0.3, -0.25) is 9.78 Å². The van der Waals surface area contributed by atoms with Gasteiger partial charge in [-0.15, -0.1) is 0 Å². The summed E-state index contributed by atoms with van der Waals surface area (Å²) in [6, 6.07) is 3.96. The first kappa shape index (κ1) is 14.2. The molecule has 1 saturated heterocycles. The van der Waals surface area contributed by atoms with Crippen LogP contribution in [-0.4, -0.2) is 36.6 Å². The van der Waals surface area contributed by atoms with Crippen LogP contribution < -0.4 is 5.32 Å². The van der Waals surface area contributed by atoms with E-state index in [1.165, 1.54) is 5.56 Å². The number of pyridine rings is 1. The highest BCUT2D eigenvalue weighted by Gasteiger charge is 2.15. The Hall–Kier alpha value is -1.26. The van der Waals surface area contributed by atoms with Crippen molar-refractivity contribution in [1.82, 2.24) is 10.3 Å². The van der Waals surface area contributed by atoms with Crippen LogP contribution in [0.5, 0.6) is 0 Å². The van der Waals surface area contributed by atoms with Crippen molar-refractivity contribution in [1.29, 1.82) is 0 Å². The van der Waals surface area contributed by atoms with Gasteiger partial charge in [-0.25, -0.2) is 0 Å². The molecule has 1 aliphatic heterocycles. The molecule has 1 aliphatic rings. The van der Waals surface area contributed by atoms with Crippen LogP contribution in [0.2, 0.25) is 0 Å². The number of aromatic nitrogens is 1. The minimum absolute atomic E-state index is 0.107. The van der Waals surface area contributed by atoms with E-state index in [0.717, 1.165) is 38.0 Å². The second-order valence-corrected chi connectivity index (χ2v) is 4.99. The monoisotopic (exact) mass is 262 g/mol. The van der Waals surface area contributed by atoms with E-state index in [9.17, 15) is 4.79 Å². The Labute approximate surface area is 114 Å². The fourth-order valence-corrected chi connectivity index (χ4v) is 2.19. The summed E-state index contributed by atoms with van der Waals surface area (Å²) in [5.74, 6) is 0.107. The van der Waals surface area contributed by atoms with Gasteiger partial charge in [0, 0.05) is 11.9 Å².